The number of anilines is 1. The van der Waals surface area contributed by atoms with E-state index < -0.39 is 5.91 Å². The highest BCUT2D eigenvalue weighted by Crippen LogP contribution is 2.25. The topological polar surface area (TPSA) is 117 Å². The number of nitrogens with zero attached hydrogens (tertiary/aromatic N) is 3. The number of hydrogen-bond donors (Lipinski definition) is 2. The van der Waals surface area contributed by atoms with Crippen LogP contribution < -0.4 is 16.2 Å². The number of aromatic nitrogens is 3. The number of rotatable bonds is 6. The standard InChI is InChI=1S/C18H19N5O2/c1-25-18-12(8-4-10-21-18)7-2-5-11-6-3-9-13-14(19)16(17(20)24)23-22-15(11)13/h3-4,6,8-10H,2,5,7H2,1H3,(H2,19,22)(H2,20,24). The van der Waals surface area contributed by atoms with E-state index in [1.165, 1.54) is 0 Å². The first-order chi connectivity index (χ1) is 12.1. The number of primary amides is 1. The van der Waals surface area contributed by atoms with Gasteiger partial charge < -0.3 is 16.2 Å². The second kappa shape index (κ2) is 7.12. The second-order valence-corrected chi connectivity index (χ2v) is 5.67. The Morgan fingerprint density at radius 2 is 1.88 bits per heavy atom. The fraction of sp³-hybridized carbons (Fsp3) is 0.222. The summed E-state index contributed by atoms with van der Waals surface area (Å²) in [5.74, 6) is -0.0310. The number of nitrogen functional groups attached to an aromatic ring is 1. The van der Waals surface area contributed by atoms with E-state index in [1.54, 1.807) is 13.3 Å². The van der Waals surface area contributed by atoms with Crippen molar-refractivity contribution in [2.24, 2.45) is 5.73 Å². The van der Waals surface area contributed by atoms with E-state index in [4.69, 9.17) is 16.2 Å². The van der Waals surface area contributed by atoms with Crippen molar-refractivity contribution < 1.29 is 9.53 Å². The Kier molecular flexibility index (Phi) is 4.74. The molecule has 3 rings (SSSR count). The molecule has 0 saturated heterocycles. The van der Waals surface area contributed by atoms with E-state index in [0.717, 1.165) is 30.4 Å². The summed E-state index contributed by atoms with van der Waals surface area (Å²) in [5.41, 5.74) is 14.4. The zero-order valence-electron chi connectivity index (χ0n) is 13.9. The minimum absolute atomic E-state index is 0.00439. The molecule has 3 aromatic rings. The van der Waals surface area contributed by atoms with E-state index in [0.29, 0.717) is 16.8 Å². The van der Waals surface area contributed by atoms with Crippen molar-refractivity contribution in [3.8, 4) is 5.88 Å². The average Bonchev–Trinajstić information content (AvgIpc) is 2.62. The lowest BCUT2D eigenvalue weighted by atomic mass is 10.0. The van der Waals surface area contributed by atoms with Gasteiger partial charge in [0.05, 0.1) is 18.3 Å². The Hall–Kier alpha value is -3.22. The van der Waals surface area contributed by atoms with Crippen molar-refractivity contribution in [3.63, 3.8) is 0 Å². The minimum Gasteiger partial charge on any atom is -0.481 e. The number of pyridine rings is 1. The first-order valence-electron chi connectivity index (χ1n) is 7.93. The molecule has 0 bridgehead atoms. The summed E-state index contributed by atoms with van der Waals surface area (Å²) < 4.78 is 5.28. The van der Waals surface area contributed by atoms with Gasteiger partial charge in [0.1, 0.15) is 0 Å². The predicted octanol–water partition coefficient (Wildman–Crippen LogP) is 1.89. The maximum absolute atomic E-state index is 11.4. The molecule has 0 saturated carbocycles. The number of fused-ring (bicyclic) bond motifs is 1. The van der Waals surface area contributed by atoms with Gasteiger partial charge in [-0.1, -0.05) is 24.3 Å². The third-order valence-corrected chi connectivity index (χ3v) is 4.08. The summed E-state index contributed by atoms with van der Waals surface area (Å²) in [6, 6.07) is 9.60. The Morgan fingerprint density at radius 3 is 2.64 bits per heavy atom. The van der Waals surface area contributed by atoms with Crippen molar-refractivity contribution in [2.45, 2.75) is 19.3 Å². The van der Waals surface area contributed by atoms with Crippen LogP contribution in [0.25, 0.3) is 10.9 Å². The Balaban J connectivity index is 1.82. The number of aryl methyl sites for hydroxylation is 2. The summed E-state index contributed by atoms with van der Waals surface area (Å²) >= 11 is 0. The lowest BCUT2D eigenvalue weighted by molar-refractivity contribution is 0.0996. The van der Waals surface area contributed by atoms with Gasteiger partial charge in [-0.3, -0.25) is 4.79 Å². The molecule has 2 aromatic heterocycles. The summed E-state index contributed by atoms with van der Waals surface area (Å²) in [6.07, 6.45) is 4.22. The van der Waals surface area contributed by atoms with Gasteiger partial charge in [-0.2, -0.15) is 0 Å². The highest BCUT2D eigenvalue weighted by atomic mass is 16.5. The molecule has 0 unspecified atom stereocenters. The van der Waals surface area contributed by atoms with Gasteiger partial charge >= 0.3 is 0 Å². The average molecular weight is 337 g/mol. The molecule has 1 amide bonds. The van der Waals surface area contributed by atoms with E-state index in [1.807, 2.05) is 30.3 Å². The highest BCUT2D eigenvalue weighted by Gasteiger charge is 2.14. The normalized spacial score (nSPS) is 10.8. The van der Waals surface area contributed by atoms with E-state index in [-0.39, 0.29) is 11.4 Å². The van der Waals surface area contributed by atoms with Crippen molar-refractivity contribution in [2.75, 3.05) is 12.8 Å². The molecule has 2 heterocycles. The van der Waals surface area contributed by atoms with Crippen molar-refractivity contribution >= 4 is 22.5 Å². The Labute approximate surface area is 145 Å². The number of amides is 1. The van der Waals surface area contributed by atoms with Crippen molar-refractivity contribution in [1.29, 1.82) is 0 Å². The molecule has 128 valence electrons. The molecule has 7 heteroatoms. The van der Waals surface area contributed by atoms with Crippen molar-refractivity contribution in [1.82, 2.24) is 15.2 Å². The molecule has 7 nitrogen and oxygen atoms in total. The van der Waals surface area contributed by atoms with Gasteiger partial charge in [0.25, 0.3) is 5.91 Å². The number of methoxy groups -OCH3 is 1. The fourth-order valence-electron chi connectivity index (χ4n) is 2.86. The summed E-state index contributed by atoms with van der Waals surface area (Å²) in [4.78, 5) is 15.6. The monoisotopic (exact) mass is 337 g/mol. The molecule has 1 aromatic carbocycles. The summed E-state index contributed by atoms with van der Waals surface area (Å²) in [5, 5.41) is 8.73. The van der Waals surface area contributed by atoms with Crippen LogP contribution in [-0.2, 0) is 12.8 Å². The van der Waals surface area contributed by atoms with E-state index >= 15 is 0 Å². The molecular formula is C18H19N5O2. The number of benzene rings is 1. The molecule has 0 atom stereocenters. The zero-order chi connectivity index (χ0) is 17.8. The molecule has 0 aliphatic heterocycles. The van der Waals surface area contributed by atoms with Gasteiger partial charge in [-0.15, -0.1) is 10.2 Å². The quantitative estimate of drug-likeness (QED) is 0.709. The molecule has 0 fully saturated rings. The molecule has 0 aliphatic rings. The van der Waals surface area contributed by atoms with E-state index in [9.17, 15) is 4.79 Å². The Bertz CT molecular complexity index is 926. The number of carbonyl (C=O) groups excluding carboxylic acids is 1. The van der Waals surface area contributed by atoms with Gasteiger partial charge in [0.2, 0.25) is 5.88 Å². The van der Waals surface area contributed by atoms with Crippen LogP contribution in [-0.4, -0.2) is 28.2 Å². The Morgan fingerprint density at radius 1 is 1.12 bits per heavy atom. The maximum Gasteiger partial charge on any atom is 0.271 e. The van der Waals surface area contributed by atoms with Crippen LogP contribution in [0, 0.1) is 0 Å². The summed E-state index contributed by atoms with van der Waals surface area (Å²) in [6.45, 7) is 0. The molecule has 0 radical (unpaired) electrons. The molecule has 0 aliphatic carbocycles. The third-order valence-electron chi connectivity index (χ3n) is 4.08. The second-order valence-electron chi connectivity index (χ2n) is 5.67. The van der Waals surface area contributed by atoms with Gasteiger partial charge in [-0.05, 0) is 30.9 Å². The number of carbonyl (C=O) groups is 1. The van der Waals surface area contributed by atoms with Crippen molar-refractivity contribution in [3.05, 3.63) is 53.3 Å². The summed E-state index contributed by atoms with van der Waals surface area (Å²) in [7, 11) is 1.62. The smallest absolute Gasteiger partial charge is 0.271 e. The van der Waals surface area contributed by atoms with Crippen LogP contribution in [0.15, 0.2) is 36.5 Å². The van der Waals surface area contributed by atoms with Gasteiger partial charge in [0.15, 0.2) is 5.69 Å². The minimum atomic E-state index is -0.680. The SMILES string of the molecule is COc1ncccc1CCCc1cccc2c(N)c(C(N)=O)nnc12. The van der Waals surface area contributed by atoms with Crippen LogP contribution in [0.2, 0.25) is 0 Å². The number of nitrogens with two attached hydrogens (primary N) is 2. The van der Waals surface area contributed by atoms with Crippen LogP contribution in [0.3, 0.4) is 0 Å². The van der Waals surface area contributed by atoms with Gasteiger partial charge in [-0.25, -0.2) is 4.98 Å². The highest BCUT2D eigenvalue weighted by molar-refractivity contribution is 6.04. The first-order valence-corrected chi connectivity index (χ1v) is 7.93. The zero-order valence-corrected chi connectivity index (χ0v) is 13.9. The lowest BCUT2D eigenvalue weighted by Crippen LogP contribution is -2.17. The lowest BCUT2D eigenvalue weighted by Gasteiger charge is -2.10. The maximum atomic E-state index is 11.4. The van der Waals surface area contributed by atoms with Crippen LogP contribution in [0.5, 0.6) is 5.88 Å². The largest absolute Gasteiger partial charge is 0.481 e. The first kappa shape index (κ1) is 16.6. The number of ether oxygens (including phenoxy) is 1. The molecule has 0 spiro atoms. The van der Waals surface area contributed by atoms with Crippen LogP contribution in [0.1, 0.15) is 28.0 Å². The predicted molar refractivity (Wildman–Crippen MR) is 95.3 cm³/mol. The third kappa shape index (κ3) is 3.35. The molecule has 4 N–H and O–H groups in total. The van der Waals surface area contributed by atoms with E-state index in [2.05, 4.69) is 15.2 Å². The van der Waals surface area contributed by atoms with Gasteiger partial charge in [0, 0.05) is 17.1 Å². The molecule has 25 heavy (non-hydrogen) atoms. The number of hydrogen-bond acceptors (Lipinski definition) is 6. The van der Waals surface area contributed by atoms with Crippen LogP contribution >= 0.6 is 0 Å². The van der Waals surface area contributed by atoms with Crippen LogP contribution in [0.4, 0.5) is 5.69 Å². The fourth-order valence-corrected chi connectivity index (χ4v) is 2.86. The molecular weight excluding hydrogens is 318 g/mol.